The number of H-pyrrole nitrogens is 1. The fraction of sp³-hybridized carbons (Fsp3) is 0.412. The highest BCUT2D eigenvalue weighted by Gasteiger charge is 2.40. The van der Waals surface area contributed by atoms with Gasteiger partial charge in [0, 0.05) is 18.8 Å². The molecule has 2 aromatic heterocycles. The van der Waals surface area contributed by atoms with Crippen molar-refractivity contribution >= 4 is 24.1 Å². The minimum absolute atomic E-state index is 0. The minimum atomic E-state index is -4.81. The van der Waals surface area contributed by atoms with E-state index in [1.54, 1.807) is 0 Å². The van der Waals surface area contributed by atoms with E-state index in [1.165, 1.54) is 30.3 Å². The molecule has 0 aliphatic carbocycles. The molecule has 1 fully saturated rings. The first kappa shape index (κ1) is 22.5. The van der Waals surface area contributed by atoms with E-state index < -0.39 is 29.3 Å². The Morgan fingerprint density at radius 2 is 2.17 bits per heavy atom. The number of esters is 1. The van der Waals surface area contributed by atoms with Crippen LogP contribution < -0.4 is 15.2 Å². The Kier molecular flexibility index (Phi) is 7.07. The van der Waals surface area contributed by atoms with Gasteiger partial charge in [0.15, 0.2) is 0 Å². The van der Waals surface area contributed by atoms with Gasteiger partial charge in [-0.25, -0.2) is 14.9 Å². The van der Waals surface area contributed by atoms with E-state index >= 15 is 0 Å². The molecule has 1 atom stereocenters. The molecule has 1 aliphatic rings. The van der Waals surface area contributed by atoms with Crippen LogP contribution in [0.2, 0.25) is 0 Å². The zero-order chi connectivity index (χ0) is 20.3. The number of rotatable bonds is 5. The summed E-state index contributed by atoms with van der Waals surface area (Å²) in [6.07, 6.45) is -1.24. The summed E-state index contributed by atoms with van der Waals surface area (Å²) < 4.78 is 50.2. The molecule has 1 aliphatic heterocycles. The fourth-order valence-corrected chi connectivity index (χ4v) is 3.12. The molecule has 1 saturated heterocycles. The minimum Gasteiger partial charge on any atom is -0.475 e. The highest BCUT2D eigenvalue weighted by molar-refractivity contribution is 5.89. The number of pyridine rings is 1. The van der Waals surface area contributed by atoms with Gasteiger partial charge in [0.05, 0.1) is 30.6 Å². The number of nitrogens with zero attached hydrogens (tertiary/aromatic N) is 3. The molecule has 0 amide bonds. The molecule has 8 nitrogen and oxygen atoms in total. The van der Waals surface area contributed by atoms with Crippen molar-refractivity contribution in [1.29, 1.82) is 0 Å². The number of hydrogen-bond acceptors (Lipinski definition) is 7. The molecule has 0 saturated carbocycles. The van der Waals surface area contributed by atoms with E-state index in [0.717, 1.165) is 6.20 Å². The summed E-state index contributed by atoms with van der Waals surface area (Å²) in [5.74, 6) is -0.408. The maximum Gasteiger partial charge on any atom is 0.423 e. The molecule has 2 aromatic rings. The van der Waals surface area contributed by atoms with Crippen LogP contribution in [-0.2, 0) is 10.9 Å². The molecular weight excluding hydrogens is 417 g/mol. The maximum absolute atomic E-state index is 13.3. The van der Waals surface area contributed by atoms with Gasteiger partial charge in [0.25, 0.3) is 5.56 Å². The van der Waals surface area contributed by atoms with Gasteiger partial charge in [0.1, 0.15) is 12.2 Å². The molecule has 0 unspecified atom stereocenters. The van der Waals surface area contributed by atoms with E-state index in [9.17, 15) is 22.8 Å². The zero-order valence-corrected chi connectivity index (χ0v) is 16.0. The van der Waals surface area contributed by atoms with Gasteiger partial charge >= 0.3 is 12.1 Å². The van der Waals surface area contributed by atoms with Crippen LogP contribution in [-0.4, -0.2) is 47.5 Å². The lowest BCUT2D eigenvalue weighted by molar-refractivity contribution is -0.138. The van der Waals surface area contributed by atoms with Crippen LogP contribution in [0.1, 0.15) is 28.8 Å². The molecular formula is C17H18ClF3N4O4. The number of aromatic amines is 1. The second-order valence-electron chi connectivity index (χ2n) is 6.13. The van der Waals surface area contributed by atoms with E-state index in [0.29, 0.717) is 19.4 Å². The molecule has 0 aromatic carbocycles. The van der Waals surface area contributed by atoms with Gasteiger partial charge in [-0.05, 0) is 18.9 Å². The van der Waals surface area contributed by atoms with Crippen molar-refractivity contribution in [3.05, 3.63) is 46.0 Å². The molecule has 0 spiro atoms. The molecule has 29 heavy (non-hydrogen) atoms. The molecule has 12 heteroatoms. The Hall–Kier alpha value is -2.82. The predicted octanol–water partition coefficient (Wildman–Crippen LogP) is 2.44. The Balaban J connectivity index is 0.00000300. The summed E-state index contributed by atoms with van der Waals surface area (Å²) in [7, 11) is 1.24. The van der Waals surface area contributed by atoms with E-state index in [4.69, 9.17) is 4.74 Å². The van der Waals surface area contributed by atoms with Crippen molar-refractivity contribution in [3.63, 3.8) is 0 Å². The van der Waals surface area contributed by atoms with Crippen LogP contribution in [0.4, 0.5) is 18.9 Å². The van der Waals surface area contributed by atoms with Crippen molar-refractivity contribution in [2.45, 2.75) is 25.1 Å². The van der Waals surface area contributed by atoms with Crippen molar-refractivity contribution in [2.75, 3.05) is 25.2 Å². The van der Waals surface area contributed by atoms with Crippen LogP contribution >= 0.6 is 12.4 Å². The van der Waals surface area contributed by atoms with Gasteiger partial charge in [-0.3, -0.25) is 4.79 Å². The number of hydrogen-bond donors (Lipinski definition) is 1. The summed E-state index contributed by atoms with van der Waals surface area (Å²) in [4.78, 5) is 28.7. The lowest BCUT2D eigenvalue weighted by Gasteiger charge is -2.28. The number of ether oxygens (including phenoxy) is 2. The highest BCUT2D eigenvalue weighted by Crippen LogP contribution is 2.36. The summed E-state index contributed by atoms with van der Waals surface area (Å²) in [6, 6.07) is 2.44. The Morgan fingerprint density at radius 1 is 1.41 bits per heavy atom. The van der Waals surface area contributed by atoms with Gasteiger partial charge in [-0.2, -0.15) is 18.3 Å². The number of methoxy groups -OCH3 is 1. The van der Waals surface area contributed by atoms with Crippen LogP contribution in [0.5, 0.6) is 5.88 Å². The molecule has 1 N–H and O–H groups in total. The standard InChI is InChI=1S/C17H17F3N4O4.ClH/c1-27-16(26)10-4-5-21-13(7-10)28-9-11-3-2-6-24(11)12-8-22-23-15(25)14(12)17(18,19)20;/h4-5,7-8,11H,2-3,6,9H2,1H3,(H,23,25);1H/t11-;/m0./s1. The summed E-state index contributed by atoms with van der Waals surface area (Å²) >= 11 is 0. The number of anilines is 1. The first-order valence-electron chi connectivity index (χ1n) is 8.40. The van der Waals surface area contributed by atoms with Crippen LogP contribution in [0, 0.1) is 0 Å². The topological polar surface area (TPSA) is 97.4 Å². The number of carbonyl (C=O) groups excluding carboxylic acids is 1. The predicted molar refractivity (Wildman–Crippen MR) is 98.5 cm³/mol. The number of carbonyl (C=O) groups is 1. The Bertz CT molecular complexity index is 922. The van der Waals surface area contributed by atoms with Crippen molar-refractivity contribution in [3.8, 4) is 5.88 Å². The largest absolute Gasteiger partial charge is 0.475 e. The van der Waals surface area contributed by atoms with E-state index in [-0.39, 0.29) is 36.1 Å². The lowest BCUT2D eigenvalue weighted by atomic mass is 10.2. The smallest absolute Gasteiger partial charge is 0.423 e. The van der Waals surface area contributed by atoms with Crippen molar-refractivity contribution in [1.82, 2.24) is 15.2 Å². The van der Waals surface area contributed by atoms with Crippen LogP contribution in [0.25, 0.3) is 0 Å². The second kappa shape index (κ2) is 9.12. The normalized spacial score (nSPS) is 16.3. The molecule has 0 bridgehead atoms. The van der Waals surface area contributed by atoms with Crippen LogP contribution in [0.3, 0.4) is 0 Å². The maximum atomic E-state index is 13.3. The summed E-state index contributed by atoms with van der Waals surface area (Å²) in [5.41, 5.74) is -2.60. The second-order valence-corrected chi connectivity index (χ2v) is 6.13. The average molecular weight is 435 g/mol. The molecule has 0 radical (unpaired) electrons. The number of alkyl halides is 3. The first-order valence-corrected chi connectivity index (χ1v) is 8.40. The van der Waals surface area contributed by atoms with Gasteiger partial charge in [-0.1, -0.05) is 0 Å². The lowest BCUT2D eigenvalue weighted by Crippen LogP contribution is -2.38. The van der Waals surface area contributed by atoms with E-state index in [2.05, 4.69) is 14.8 Å². The number of nitrogens with one attached hydrogen (secondary N) is 1. The zero-order valence-electron chi connectivity index (χ0n) is 15.2. The summed E-state index contributed by atoms with van der Waals surface area (Å²) in [6.45, 7) is 0.361. The fourth-order valence-electron chi connectivity index (χ4n) is 3.12. The molecule has 3 rings (SSSR count). The summed E-state index contributed by atoms with van der Waals surface area (Å²) in [5, 5.41) is 5.34. The van der Waals surface area contributed by atoms with Gasteiger partial charge in [-0.15, -0.1) is 12.4 Å². The number of aromatic nitrogens is 3. The third-order valence-electron chi connectivity index (χ3n) is 4.39. The monoisotopic (exact) mass is 434 g/mol. The third-order valence-corrected chi connectivity index (χ3v) is 4.39. The third kappa shape index (κ3) is 4.97. The SMILES string of the molecule is COC(=O)c1ccnc(OC[C@@H]2CCCN2c2cn[nH]c(=O)c2C(F)(F)F)c1.Cl. The Morgan fingerprint density at radius 3 is 2.86 bits per heavy atom. The van der Waals surface area contributed by atoms with Gasteiger partial charge < -0.3 is 14.4 Å². The highest BCUT2D eigenvalue weighted by atomic mass is 35.5. The van der Waals surface area contributed by atoms with Crippen molar-refractivity contribution < 1.29 is 27.4 Å². The van der Waals surface area contributed by atoms with Crippen molar-refractivity contribution in [2.24, 2.45) is 0 Å². The number of halogens is 4. The Labute approximate surface area is 169 Å². The van der Waals surface area contributed by atoms with Crippen LogP contribution in [0.15, 0.2) is 29.3 Å². The first-order chi connectivity index (χ1) is 13.3. The van der Waals surface area contributed by atoms with Gasteiger partial charge in [0.2, 0.25) is 5.88 Å². The molecule has 3 heterocycles. The van der Waals surface area contributed by atoms with E-state index in [1.807, 2.05) is 5.10 Å². The molecule has 158 valence electrons. The quantitative estimate of drug-likeness (QED) is 0.722. The average Bonchev–Trinajstić information content (AvgIpc) is 3.13.